The van der Waals surface area contributed by atoms with Gasteiger partial charge in [-0.15, -0.1) is 0 Å². The molecule has 0 atom stereocenters. The highest BCUT2D eigenvalue weighted by molar-refractivity contribution is 6.38. The molecular weight excluding hydrogens is 188 g/mol. The number of hydrogen-bond acceptors (Lipinski definition) is 2. The molecule has 0 unspecified atom stereocenters. The monoisotopic (exact) mass is 194 g/mol. The van der Waals surface area contributed by atoms with Gasteiger partial charge in [0.15, 0.2) is 0 Å². The molecule has 13 heavy (non-hydrogen) atoms. The largest absolute Gasteiger partial charge is 0.464 e. The van der Waals surface area contributed by atoms with E-state index in [2.05, 4.69) is 0 Å². The topological polar surface area (TPSA) is 63.0 Å². The predicted molar refractivity (Wildman–Crippen MR) is 52.2 cm³/mol. The quantitative estimate of drug-likeness (QED) is 0.541. The summed E-state index contributed by atoms with van der Waals surface area (Å²) in [6.45, 7) is 0. The summed E-state index contributed by atoms with van der Waals surface area (Å²) in [4.78, 5) is 0. The first-order chi connectivity index (χ1) is 6.20. The molecule has 0 radical (unpaired) electrons. The van der Waals surface area contributed by atoms with Gasteiger partial charge in [0, 0.05) is 10.9 Å². The highest BCUT2D eigenvalue weighted by atomic mass is 35.5. The lowest BCUT2D eigenvalue weighted by molar-refractivity contribution is 0.616. The first-order valence-corrected chi connectivity index (χ1v) is 4.08. The summed E-state index contributed by atoms with van der Waals surface area (Å²) in [5.41, 5.74) is 6.58. The van der Waals surface area contributed by atoms with Crippen LogP contribution >= 0.6 is 11.6 Å². The SMILES string of the molecule is N=C(N)c1ccc2occc2c1Cl. The zero-order valence-corrected chi connectivity index (χ0v) is 7.43. The molecule has 3 N–H and O–H groups in total. The smallest absolute Gasteiger partial charge is 0.135 e. The van der Waals surface area contributed by atoms with Crippen LogP contribution in [0.5, 0.6) is 0 Å². The van der Waals surface area contributed by atoms with Gasteiger partial charge in [-0.1, -0.05) is 11.6 Å². The minimum absolute atomic E-state index is 0.0342. The first-order valence-electron chi connectivity index (χ1n) is 3.70. The zero-order valence-electron chi connectivity index (χ0n) is 6.67. The van der Waals surface area contributed by atoms with Gasteiger partial charge in [-0.2, -0.15) is 0 Å². The molecule has 2 rings (SSSR count). The minimum Gasteiger partial charge on any atom is -0.464 e. The van der Waals surface area contributed by atoms with Crippen molar-refractivity contribution in [2.75, 3.05) is 0 Å². The molecule has 0 bridgehead atoms. The maximum Gasteiger partial charge on any atom is 0.135 e. The van der Waals surface area contributed by atoms with Crippen molar-refractivity contribution in [2.24, 2.45) is 5.73 Å². The molecule has 2 aromatic rings. The van der Waals surface area contributed by atoms with Crippen LogP contribution in [0.4, 0.5) is 0 Å². The van der Waals surface area contributed by atoms with Gasteiger partial charge < -0.3 is 10.2 Å². The molecule has 0 amide bonds. The third-order valence-corrected chi connectivity index (χ3v) is 2.27. The van der Waals surface area contributed by atoms with E-state index in [-0.39, 0.29) is 5.84 Å². The number of nitrogens with two attached hydrogens (primary N) is 1. The molecule has 0 spiro atoms. The summed E-state index contributed by atoms with van der Waals surface area (Å²) in [6, 6.07) is 5.18. The van der Waals surface area contributed by atoms with Crippen LogP contribution in [-0.2, 0) is 0 Å². The van der Waals surface area contributed by atoms with E-state index >= 15 is 0 Å². The Bertz CT molecular complexity index is 475. The Kier molecular flexibility index (Phi) is 1.74. The van der Waals surface area contributed by atoms with E-state index in [0.717, 1.165) is 5.39 Å². The molecule has 3 nitrogen and oxygen atoms in total. The Morgan fingerprint density at radius 2 is 2.15 bits per heavy atom. The van der Waals surface area contributed by atoms with Gasteiger partial charge in [0.2, 0.25) is 0 Å². The lowest BCUT2D eigenvalue weighted by Gasteiger charge is -2.01. The highest BCUT2D eigenvalue weighted by Crippen LogP contribution is 2.27. The van der Waals surface area contributed by atoms with Gasteiger partial charge >= 0.3 is 0 Å². The van der Waals surface area contributed by atoms with Crippen molar-refractivity contribution in [3.8, 4) is 0 Å². The van der Waals surface area contributed by atoms with Crippen LogP contribution in [0.2, 0.25) is 5.02 Å². The van der Waals surface area contributed by atoms with Gasteiger partial charge in [0.05, 0.1) is 11.3 Å². The maximum atomic E-state index is 7.27. The fourth-order valence-corrected chi connectivity index (χ4v) is 1.54. The van der Waals surface area contributed by atoms with Crippen LogP contribution in [0.25, 0.3) is 11.0 Å². The van der Waals surface area contributed by atoms with Crippen molar-refractivity contribution in [1.29, 1.82) is 5.41 Å². The van der Waals surface area contributed by atoms with E-state index in [4.69, 9.17) is 27.2 Å². The zero-order chi connectivity index (χ0) is 9.42. The standard InChI is InChI=1S/C9H7ClN2O/c10-8-5-3-4-13-7(5)2-1-6(8)9(11)12/h1-4H,(H3,11,12). The van der Waals surface area contributed by atoms with Crippen LogP contribution in [0.15, 0.2) is 28.9 Å². The minimum atomic E-state index is -0.0342. The van der Waals surface area contributed by atoms with Crippen LogP contribution in [0.1, 0.15) is 5.56 Å². The molecule has 0 aliphatic carbocycles. The molecular formula is C9H7ClN2O. The van der Waals surface area contributed by atoms with E-state index in [1.807, 2.05) is 0 Å². The Balaban J connectivity index is 2.80. The number of fused-ring (bicyclic) bond motifs is 1. The number of nitrogens with one attached hydrogen (secondary N) is 1. The van der Waals surface area contributed by atoms with Crippen LogP contribution in [0, 0.1) is 5.41 Å². The maximum absolute atomic E-state index is 7.27. The second-order valence-electron chi connectivity index (χ2n) is 2.67. The summed E-state index contributed by atoms with van der Waals surface area (Å²) < 4.78 is 5.14. The van der Waals surface area contributed by atoms with Crippen molar-refractivity contribution < 1.29 is 4.42 Å². The predicted octanol–water partition coefficient (Wildman–Crippen LogP) is 2.37. The molecule has 4 heteroatoms. The van der Waals surface area contributed by atoms with E-state index in [0.29, 0.717) is 16.2 Å². The van der Waals surface area contributed by atoms with E-state index in [9.17, 15) is 0 Å². The number of nitrogen functional groups attached to an aromatic ring is 1. The van der Waals surface area contributed by atoms with Crippen molar-refractivity contribution in [1.82, 2.24) is 0 Å². The number of hydrogen-bond donors (Lipinski definition) is 2. The molecule has 0 fully saturated rings. The van der Waals surface area contributed by atoms with E-state index < -0.39 is 0 Å². The third-order valence-electron chi connectivity index (χ3n) is 1.86. The van der Waals surface area contributed by atoms with Gasteiger partial charge in [0.1, 0.15) is 11.4 Å². The van der Waals surface area contributed by atoms with E-state index in [1.165, 1.54) is 0 Å². The summed E-state index contributed by atoms with van der Waals surface area (Å²) in [5, 5.41) is 8.52. The normalized spacial score (nSPS) is 10.5. The fraction of sp³-hybridized carbons (Fsp3) is 0. The van der Waals surface area contributed by atoms with Crippen LogP contribution < -0.4 is 5.73 Å². The molecule has 1 heterocycles. The lowest BCUT2D eigenvalue weighted by atomic mass is 10.1. The van der Waals surface area contributed by atoms with E-state index in [1.54, 1.807) is 24.5 Å². The number of halogens is 1. The van der Waals surface area contributed by atoms with Crippen LogP contribution in [-0.4, -0.2) is 5.84 Å². The molecule has 1 aromatic heterocycles. The number of furan rings is 1. The summed E-state index contributed by atoms with van der Waals surface area (Å²) >= 11 is 6.00. The van der Waals surface area contributed by atoms with Crippen LogP contribution in [0.3, 0.4) is 0 Å². The second kappa shape index (κ2) is 2.78. The summed E-state index contributed by atoms with van der Waals surface area (Å²) in [5.74, 6) is -0.0342. The average molecular weight is 195 g/mol. The van der Waals surface area contributed by atoms with Gasteiger partial charge in [-0.25, -0.2) is 0 Å². The Labute approximate surface area is 79.6 Å². The average Bonchev–Trinajstić information content (AvgIpc) is 2.52. The molecule has 0 saturated carbocycles. The van der Waals surface area contributed by atoms with Crippen molar-refractivity contribution in [2.45, 2.75) is 0 Å². The van der Waals surface area contributed by atoms with Gasteiger partial charge in [0.25, 0.3) is 0 Å². The Hall–Kier alpha value is -1.48. The summed E-state index contributed by atoms with van der Waals surface area (Å²) in [7, 11) is 0. The third kappa shape index (κ3) is 1.17. The lowest BCUT2D eigenvalue weighted by Crippen LogP contribution is -2.11. The molecule has 0 aliphatic rings. The molecule has 0 aliphatic heterocycles. The number of rotatable bonds is 1. The number of benzene rings is 1. The fourth-order valence-electron chi connectivity index (χ4n) is 1.22. The van der Waals surface area contributed by atoms with Gasteiger partial charge in [-0.3, -0.25) is 5.41 Å². The van der Waals surface area contributed by atoms with Crippen molar-refractivity contribution in [3.05, 3.63) is 35.0 Å². The second-order valence-corrected chi connectivity index (χ2v) is 3.05. The first kappa shape index (κ1) is 8.13. The molecule has 0 saturated heterocycles. The van der Waals surface area contributed by atoms with Crippen molar-refractivity contribution >= 4 is 28.4 Å². The van der Waals surface area contributed by atoms with Crippen molar-refractivity contribution in [3.63, 3.8) is 0 Å². The summed E-state index contributed by atoms with van der Waals surface area (Å²) in [6.07, 6.45) is 1.56. The Morgan fingerprint density at radius 3 is 2.85 bits per heavy atom. The molecule has 1 aromatic carbocycles. The highest BCUT2D eigenvalue weighted by Gasteiger charge is 2.08. The number of amidine groups is 1. The Morgan fingerprint density at radius 1 is 1.38 bits per heavy atom. The van der Waals surface area contributed by atoms with Gasteiger partial charge in [-0.05, 0) is 18.2 Å². The molecule has 66 valence electrons.